The molecule has 1 amide bonds. The predicted octanol–water partition coefficient (Wildman–Crippen LogP) is 1.32. The van der Waals surface area contributed by atoms with Crippen LogP contribution < -0.4 is 10.6 Å². The van der Waals surface area contributed by atoms with Crippen LogP contribution in [0.1, 0.15) is 25.7 Å². The summed E-state index contributed by atoms with van der Waals surface area (Å²) in [5, 5.41) is 5.82. The second-order valence-corrected chi connectivity index (χ2v) is 4.51. The molecule has 2 rings (SSSR count). The molecule has 1 saturated heterocycles. The lowest BCUT2D eigenvalue weighted by Gasteiger charge is -2.36. The molecule has 0 aromatic carbocycles. The Morgan fingerprint density at radius 2 is 2.06 bits per heavy atom. The number of hydrogen-bond donors (Lipinski definition) is 2. The van der Waals surface area contributed by atoms with E-state index in [1.54, 1.807) is 0 Å². The quantitative estimate of drug-likeness (QED) is 0.781. The van der Waals surface area contributed by atoms with Gasteiger partial charge in [0.2, 0.25) is 5.91 Å². The van der Waals surface area contributed by atoms with Crippen LogP contribution in [0.25, 0.3) is 0 Å². The molecule has 0 aromatic rings. The standard InChI is InChI=1S/C10H16F2N2O.ClH/c11-10(12)4-8(5-10)14-9(15)7-2-1-3-13-6-7;/h7-8,13H,1-6H2,(H,14,15);1H. The van der Waals surface area contributed by atoms with Crippen LogP contribution in [0.15, 0.2) is 0 Å². The van der Waals surface area contributed by atoms with Gasteiger partial charge in [-0.25, -0.2) is 8.78 Å². The maximum Gasteiger partial charge on any atom is 0.252 e. The van der Waals surface area contributed by atoms with E-state index in [4.69, 9.17) is 0 Å². The summed E-state index contributed by atoms with van der Waals surface area (Å²) in [7, 11) is 0. The molecule has 0 aromatic heterocycles. The summed E-state index contributed by atoms with van der Waals surface area (Å²) in [5.41, 5.74) is 0. The van der Waals surface area contributed by atoms with Crippen LogP contribution in [0.4, 0.5) is 8.78 Å². The van der Waals surface area contributed by atoms with Crippen molar-refractivity contribution in [1.29, 1.82) is 0 Å². The van der Waals surface area contributed by atoms with Gasteiger partial charge >= 0.3 is 0 Å². The van der Waals surface area contributed by atoms with Crippen molar-refractivity contribution in [2.75, 3.05) is 13.1 Å². The molecule has 0 spiro atoms. The first-order chi connectivity index (χ1) is 7.07. The highest BCUT2D eigenvalue weighted by Gasteiger charge is 2.46. The van der Waals surface area contributed by atoms with Gasteiger partial charge in [0.05, 0.1) is 5.92 Å². The van der Waals surface area contributed by atoms with Crippen LogP contribution in [0.5, 0.6) is 0 Å². The first kappa shape index (κ1) is 13.6. The zero-order chi connectivity index (χ0) is 10.9. The van der Waals surface area contributed by atoms with Crippen molar-refractivity contribution in [3.05, 3.63) is 0 Å². The molecule has 1 aliphatic heterocycles. The summed E-state index contributed by atoms with van der Waals surface area (Å²) in [4.78, 5) is 11.6. The van der Waals surface area contributed by atoms with Crippen molar-refractivity contribution in [1.82, 2.24) is 10.6 Å². The lowest BCUT2D eigenvalue weighted by molar-refractivity contribution is -0.133. The number of alkyl halides is 2. The Morgan fingerprint density at radius 3 is 2.56 bits per heavy atom. The number of carbonyl (C=O) groups excluding carboxylic acids is 1. The first-order valence-electron chi connectivity index (χ1n) is 5.46. The summed E-state index contributed by atoms with van der Waals surface area (Å²) in [6, 6.07) is -0.311. The van der Waals surface area contributed by atoms with Crippen LogP contribution in [0.3, 0.4) is 0 Å². The second-order valence-electron chi connectivity index (χ2n) is 4.51. The van der Waals surface area contributed by atoms with Gasteiger partial charge in [-0.1, -0.05) is 0 Å². The van der Waals surface area contributed by atoms with Gasteiger partial charge in [0.15, 0.2) is 0 Å². The van der Waals surface area contributed by atoms with Crippen molar-refractivity contribution in [2.45, 2.75) is 37.6 Å². The third kappa shape index (κ3) is 3.28. The fourth-order valence-corrected chi connectivity index (χ4v) is 2.16. The number of rotatable bonds is 2. The van der Waals surface area contributed by atoms with E-state index in [9.17, 15) is 13.6 Å². The molecule has 1 unspecified atom stereocenters. The Balaban J connectivity index is 0.00000128. The van der Waals surface area contributed by atoms with Gasteiger partial charge in [-0.2, -0.15) is 0 Å². The average Bonchev–Trinajstić information content (AvgIpc) is 2.16. The van der Waals surface area contributed by atoms with E-state index in [0.717, 1.165) is 19.4 Å². The molecular formula is C10H17ClF2N2O. The maximum absolute atomic E-state index is 12.5. The highest BCUT2D eigenvalue weighted by molar-refractivity contribution is 5.85. The summed E-state index contributed by atoms with van der Waals surface area (Å²) in [6.07, 6.45) is 1.46. The molecule has 3 nitrogen and oxygen atoms in total. The Morgan fingerprint density at radius 1 is 1.38 bits per heavy atom. The molecule has 1 aliphatic carbocycles. The third-order valence-electron chi connectivity index (χ3n) is 3.10. The molecule has 1 saturated carbocycles. The lowest BCUT2D eigenvalue weighted by atomic mass is 9.87. The maximum atomic E-state index is 12.5. The number of halogens is 3. The fourth-order valence-electron chi connectivity index (χ4n) is 2.16. The number of amides is 1. The van der Waals surface area contributed by atoms with Gasteiger partial charge in [-0.3, -0.25) is 4.79 Å². The topological polar surface area (TPSA) is 41.1 Å². The minimum absolute atomic E-state index is 0. The van der Waals surface area contributed by atoms with Crippen LogP contribution in [0.2, 0.25) is 0 Å². The zero-order valence-electron chi connectivity index (χ0n) is 8.97. The first-order valence-corrected chi connectivity index (χ1v) is 5.46. The molecule has 1 atom stereocenters. The van der Waals surface area contributed by atoms with E-state index in [2.05, 4.69) is 10.6 Å². The molecule has 16 heavy (non-hydrogen) atoms. The molecule has 6 heteroatoms. The average molecular weight is 255 g/mol. The van der Waals surface area contributed by atoms with Gasteiger partial charge in [0, 0.05) is 25.4 Å². The summed E-state index contributed by atoms with van der Waals surface area (Å²) in [6.45, 7) is 1.63. The van der Waals surface area contributed by atoms with Crippen LogP contribution in [-0.4, -0.2) is 31.0 Å². The minimum Gasteiger partial charge on any atom is -0.353 e. The molecular weight excluding hydrogens is 238 g/mol. The Kier molecular flexibility index (Phi) is 4.50. The fraction of sp³-hybridized carbons (Fsp3) is 0.900. The highest BCUT2D eigenvalue weighted by Crippen LogP contribution is 2.37. The molecule has 2 N–H and O–H groups in total. The molecule has 0 bridgehead atoms. The van der Waals surface area contributed by atoms with Gasteiger partial charge in [-0.05, 0) is 19.4 Å². The molecule has 2 fully saturated rings. The number of carbonyl (C=O) groups is 1. The van der Waals surface area contributed by atoms with Gasteiger partial charge in [-0.15, -0.1) is 12.4 Å². The monoisotopic (exact) mass is 254 g/mol. The van der Waals surface area contributed by atoms with E-state index in [1.165, 1.54) is 0 Å². The Labute approximate surface area is 99.8 Å². The smallest absolute Gasteiger partial charge is 0.252 e. The van der Waals surface area contributed by atoms with Crippen molar-refractivity contribution in [3.8, 4) is 0 Å². The number of hydrogen-bond acceptors (Lipinski definition) is 2. The van der Waals surface area contributed by atoms with E-state index >= 15 is 0 Å². The summed E-state index contributed by atoms with van der Waals surface area (Å²) < 4.78 is 25.0. The van der Waals surface area contributed by atoms with Gasteiger partial charge < -0.3 is 10.6 Å². The third-order valence-corrected chi connectivity index (χ3v) is 3.10. The molecule has 1 heterocycles. The zero-order valence-corrected chi connectivity index (χ0v) is 9.79. The molecule has 0 radical (unpaired) electrons. The van der Waals surface area contributed by atoms with Gasteiger partial charge in [0.25, 0.3) is 5.92 Å². The van der Waals surface area contributed by atoms with Crippen LogP contribution in [-0.2, 0) is 4.79 Å². The molecule has 2 aliphatic rings. The van der Waals surface area contributed by atoms with E-state index in [1.807, 2.05) is 0 Å². The lowest BCUT2D eigenvalue weighted by Crippen LogP contribution is -2.53. The number of nitrogens with one attached hydrogen (secondary N) is 2. The largest absolute Gasteiger partial charge is 0.353 e. The number of piperidine rings is 1. The predicted molar refractivity (Wildman–Crippen MR) is 59.0 cm³/mol. The Bertz CT molecular complexity index is 249. The van der Waals surface area contributed by atoms with Crippen LogP contribution >= 0.6 is 12.4 Å². The van der Waals surface area contributed by atoms with Crippen molar-refractivity contribution >= 4 is 18.3 Å². The second kappa shape index (κ2) is 5.27. The minimum atomic E-state index is -2.55. The van der Waals surface area contributed by atoms with E-state index in [0.29, 0.717) is 6.54 Å². The van der Waals surface area contributed by atoms with Gasteiger partial charge in [0.1, 0.15) is 0 Å². The van der Waals surface area contributed by atoms with E-state index in [-0.39, 0.29) is 43.1 Å². The summed E-state index contributed by atoms with van der Waals surface area (Å²) >= 11 is 0. The normalized spacial score (nSPS) is 28.8. The van der Waals surface area contributed by atoms with Crippen molar-refractivity contribution in [2.24, 2.45) is 5.92 Å². The van der Waals surface area contributed by atoms with Crippen molar-refractivity contribution < 1.29 is 13.6 Å². The SMILES string of the molecule is Cl.O=C(NC1CC(F)(F)C1)C1CCCNC1. The van der Waals surface area contributed by atoms with Crippen LogP contribution in [0, 0.1) is 5.92 Å². The van der Waals surface area contributed by atoms with Crippen molar-refractivity contribution in [3.63, 3.8) is 0 Å². The highest BCUT2D eigenvalue weighted by atomic mass is 35.5. The Hall–Kier alpha value is -0.420. The summed E-state index contributed by atoms with van der Waals surface area (Å²) in [5.74, 6) is -2.65. The van der Waals surface area contributed by atoms with E-state index < -0.39 is 5.92 Å². The molecule has 94 valence electrons.